The van der Waals surface area contributed by atoms with Crippen molar-refractivity contribution in [2.75, 3.05) is 18.2 Å². The summed E-state index contributed by atoms with van der Waals surface area (Å²) >= 11 is 0. The van der Waals surface area contributed by atoms with Gasteiger partial charge in [0.05, 0.1) is 24.5 Å². The van der Waals surface area contributed by atoms with Crippen molar-refractivity contribution in [3.05, 3.63) is 47.9 Å². The third-order valence-corrected chi connectivity index (χ3v) is 4.92. The van der Waals surface area contributed by atoms with Gasteiger partial charge in [-0.2, -0.15) is 0 Å². The zero-order valence-corrected chi connectivity index (χ0v) is 14.8. The van der Waals surface area contributed by atoms with Crippen LogP contribution in [0.4, 0.5) is 14.9 Å². The first-order valence-corrected chi connectivity index (χ1v) is 9.88. The Balaban J connectivity index is 1.71. The number of anilines is 1. The van der Waals surface area contributed by atoms with Gasteiger partial charge in [0.15, 0.2) is 14.9 Å². The molecule has 2 aromatic rings. The second-order valence-corrected chi connectivity index (χ2v) is 7.94. The van der Waals surface area contributed by atoms with E-state index in [1.807, 2.05) is 0 Å². The fraction of sp³-hybridized carbons (Fsp3) is 0.294. The van der Waals surface area contributed by atoms with Crippen LogP contribution in [-0.2, 0) is 9.84 Å². The molecule has 1 aliphatic rings. The minimum absolute atomic E-state index is 0.0752. The number of aromatic nitrogens is 1. The second-order valence-electron chi connectivity index (χ2n) is 5.98. The maximum absolute atomic E-state index is 13.6. The monoisotopic (exact) mass is 379 g/mol. The van der Waals surface area contributed by atoms with Crippen molar-refractivity contribution in [1.82, 2.24) is 10.3 Å². The Hall–Kier alpha value is -2.68. The van der Waals surface area contributed by atoms with E-state index in [2.05, 4.69) is 15.6 Å². The maximum Gasteiger partial charge on any atom is 0.319 e. The number of ether oxygens (including phenoxy) is 1. The minimum atomic E-state index is -3.40. The van der Waals surface area contributed by atoms with Crippen LogP contribution in [0.5, 0.6) is 5.75 Å². The molecule has 26 heavy (non-hydrogen) atoms. The molecular formula is C17H18FN3O4S. The number of hydrogen-bond acceptors (Lipinski definition) is 5. The highest BCUT2D eigenvalue weighted by atomic mass is 32.2. The molecule has 9 heteroatoms. The molecule has 0 bridgehead atoms. The zero-order chi connectivity index (χ0) is 18.7. The second kappa shape index (κ2) is 7.28. The lowest BCUT2D eigenvalue weighted by Gasteiger charge is -2.19. The molecule has 0 radical (unpaired) electrons. The Labute approximate surface area is 150 Å². The summed E-state index contributed by atoms with van der Waals surface area (Å²) < 4.78 is 42.0. The van der Waals surface area contributed by atoms with E-state index < -0.39 is 27.7 Å². The predicted molar refractivity (Wildman–Crippen MR) is 93.4 cm³/mol. The van der Waals surface area contributed by atoms with Gasteiger partial charge >= 0.3 is 6.03 Å². The number of nitrogens with zero attached hydrogens (tertiary/aromatic N) is 1. The lowest BCUT2D eigenvalue weighted by Crippen LogP contribution is -2.32. The number of amides is 2. The van der Waals surface area contributed by atoms with Crippen LogP contribution in [0, 0.1) is 5.82 Å². The topological polar surface area (TPSA) is 97.4 Å². The molecule has 138 valence electrons. The number of carbonyl (C=O) groups is 1. The summed E-state index contributed by atoms with van der Waals surface area (Å²) in [5.41, 5.74) is 0.933. The Morgan fingerprint density at radius 1 is 1.31 bits per heavy atom. The van der Waals surface area contributed by atoms with Gasteiger partial charge in [-0.3, -0.25) is 0 Å². The van der Waals surface area contributed by atoms with E-state index in [0.29, 0.717) is 36.4 Å². The number of carbonyl (C=O) groups excluding carboxylic acids is 1. The molecule has 0 fully saturated rings. The van der Waals surface area contributed by atoms with Gasteiger partial charge in [-0.25, -0.2) is 22.6 Å². The van der Waals surface area contributed by atoms with Gasteiger partial charge in [-0.05, 0) is 43.2 Å². The number of halogens is 1. The number of fused-ring (bicyclic) bond motifs is 1. The van der Waals surface area contributed by atoms with Crippen LogP contribution in [0.15, 0.2) is 41.6 Å². The molecule has 3 rings (SSSR count). The van der Waals surface area contributed by atoms with Crippen molar-refractivity contribution < 1.29 is 22.3 Å². The Morgan fingerprint density at radius 2 is 2.12 bits per heavy atom. The summed E-state index contributed by atoms with van der Waals surface area (Å²) in [4.78, 5) is 16.1. The summed E-state index contributed by atoms with van der Waals surface area (Å²) in [7, 11) is -3.40. The normalized spacial score (nSPS) is 16.8. The summed E-state index contributed by atoms with van der Waals surface area (Å²) in [6, 6.07) is 6.09. The summed E-state index contributed by atoms with van der Waals surface area (Å²) in [5.74, 6) is 0.149. The SMILES string of the molecule is CS(=O)(=O)c1ccc(NC(=O)N[C@@H]2CCCOc3ccc(F)cc32)cn1. The van der Waals surface area contributed by atoms with Crippen LogP contribution in [0.2, 0.25) is 0 Å². The molecule has 0 saturated carbocycles. The van der Waals surface area contributed by atoms with E-state index in [-0.39, 0.29) is 5.03 Å². The number of sulfone groups is 1. The van der Waals surface area contributed by atoms with Crippen LogP contribution in [0.1, 0.15) is 24.4 Å². The quantitative estimate of drug-likeness (QED) is 0.854. The number of urea groups is 1. The third kappa shape index (κ3) is 4.29. The van der Waals surface area contributed by atoms with Gasteiger partial charge < -0.3 is 15.4 Å². The van der Waals surface area contributed by atoms with E-state index in [1.54, 1.807) is 6.07 Å². The van der Waals surface area contributed by atoms with Crippen molar-refractivity contribution in [2.24, 2.45) is 0 Å². The molecule has 2 heterocycles. The highest BCUT2D eigenvalue weighted by Gasteiger charge is 2.22. The van der Waals surface area contributed by atoms with E-state index in [4.69, 9.17) is 4.74 Å². The summed E-state index contributed by atoms with van der Waals surface area (Å²) in [5, 5.41) is 5.31. The predicted octanol–water partition coefficient (Wildman–Crippen LogP) is 2.66. The molecular weight excluding hydrogens is 361 g/mol. The molecule has 1 atom stereocenters. The van der Waals surface area contributed by atoms with Crippen LogP contribution >= 0.6 is 0 Å². The van der Waals surface area contributed by atoms with Crippen LogP contribution in [0.25, 0.3) is 0 Å². The van der Waals surface area contributed by atoms with Crippen molar-refractivity contribution in [2.45, 2.75) is 23.9 Å². The zero-order valence-electron chi connectivity index (χ0n) is 14.0. The molecule has 0 aliphatic carbocycles. The highest BCUT2D eigenvalue weighted by molar-refractivity contribution is 7.90. The Morgan fingerprint density at radius 3 is 2.81 bits per heavy atom. The minimum Gasteiger partial charge on any atom is -0.493 e. The van der Waals surface area contributed by atoms with Crippen molar-refractivity contribution in [3.63, 3.8) is 0 Å². The van der Waals surface area contributed by atoms with Crippen molar-refractivity contribution in [3.8, 4) is 5.75 Å². The average molecular weight is 379 g/mol. The molecule has 0 saturated heterocycles. The van der Waals surface area contributed by atoms with Crippen molar-refractivity contribution in [1.29, 1.82) is 0 Å². The van der Waals surface area contributed by atoms with Crippen LogP contribution in [-0.4, -0.2) is 32.3 Å². The fourth-order valence-electron chi connectivity index (χ4n) is 2.70. The molecule has 0 spiro atoms. The summed E-state index contributed by atoms with van der Waals surface area (Å²) in [6.45, 7) is 0.495. The molecule has 2 N–H and O–H groups in total. The Kier molecular flexibility index (Phi) is 5.08. The third-order valence-electron chi connectivity index (χ3n) is 3.92. The first-order valence-electron chi connectivity index (χ1n) is 7.99. The standard InChI is InChI=1S/C17H18FN3O4S/c1-26(23,24)16-7-5-12(10-19-16)20-17(22)21-14-3-2-8-25-15-6-4-11(18)9-13(14)15/h4-7,9-10,14H,2-3,8H2,1H3,(H2,20,21,22)/t14-/m1/s1. The fourth-order valence-corrected chi connectivity index (χ4v) is 3.26. The van der Waals surface area contributed by atoms with Crippen LogP contribution < -0.4 is 15.4 Å². The lowest BCUT2D eigenvalue weighted by molar-refractivity contribution is 0.247. The highest BCUT2D eigenvalue weighted by Crippen LogP contribution is 2.32. The maximum atomic E-state index is 13.6. The van der Waals surface area contributed by atoms with Crippen molar-refractivity contribution >= 4 is 21.6 Å². The van der Waals surface area contributed by atoms with E-state index in [0.717, 1.165) is 6.26 Å². The summed E-state index contributed by atoms with van der Waals surface area (Å²) in [6.07, 6.45) is 3.64. The van der Waals surface area contributed by atoms with Gasteiger partial charge in [0, 0.05) is 11.8 Å². The molecule has 1 aromatic carbocycles. The molecule has 1 aromatic heterocycles. The van der Waals surface area contributed by atoms with E-state index >= 15 is 0 Å². The van der Waals surface area contributed by atoms with Crippen LogP contribution in [0.3, 0.4) is 0 Å². The van der Waals surface area contributed by atoms with E-state index in [1.165, 1.54) is 30.5 Å². The van der Waals surface area contributed by atoms with Gasteiger partial charge in [0.1, 0.15) is 11.6 Å². The molecule has 2 amide bonds. The lowest BCUT2D eigenvalue weighted by atomic mass is 10.0. The first-order chi connectivity index (χ1) is 12.3. The van der Waals surface area contributed by atoms with Gasteiger partial charge in [0.2, 0.25) is 0 Å². The van der Waals surface area contributed by atoms with E-state index in [9.17, 15) is 17.6 Å². The van der Waals surface area contributed by atoms with Gasteiger partial charge in [-0.15, -0.1) is 0 Å². The smallest absolute Gasteiger partial charge is 0.319 e. The van der Waals surface area contributed by atoms with Gasteiger partial charge in [0.25, 0.3) is 0 Å². The number of nitrogens with one attached hydrogen (secondary N) is 2. The molecule has 0 unspecified atom stereocenters. The first kappa shape index (κ1) is 18.1. The molecule has 1 aliphatic heterocycles. The van der Waals surface area contributed by atoms with Gasteiger partial charge in [-0.1, -0.05) is 0 Å². The molecule has 7 nitrogen and oxygen atoms in total. The number of pyridine rings is 1. The largest absolute Gasteiger partial charge is 0.493 e. The number of hydrogen-bond donors (Lipinski definition) is 2. The average Bonchev–Trinajstić information content (AvgIpc) is 2.77. The Bertz CT molecular complexity index is 916. The number of benzene rings is 1. The number of rotatable bonds is 3.